The van der Waals surface area contributed by atoms with Gasteiger partial charge in [-0.2, -0.15) is 0 Å². The number of nitrogens with zero attached hydrogens (tertiary/aromatic N) is 1. The van der Waals surface area contributed by atoms with Crippen molar-refractivity contribution < 1.29 is 34.5 Å². The van der Waals surface area contributed by atoms with Gasteiger partial charge in [0.2, 0.25) is 0 Å². The number of ether oxygens (including phenoxy) is 1. The van der Waals surface area contributed by atoms with Crippen molar-refractivity contribution in [2.75, 3.05) is 28.3 Å². The summed E-state index contributed by atoms with van der Waals surface area (Å²) in [6.07, 6.45) is 0. The van der Waals surface area contributed by atoms with Crippen LogP contribution in [0.25, 0.3) is 0 Å². The molecule has 5 heteroatoms. The summed E-state index contributed by atoms with van der Waals surface area (Å²) >= 11 is 0. The Kier molecular flexibility index (Phi) is 14.6. The van der Waals surface area contributed by atoms with E-state index in [1.54, 1.807) is 7.11 Å². The van der Waals surface area contributed by atoms with Crippen LogP contribution in [0.4, 0.5) is 0 Å². The average molecular weight is 188 g/mol. The second-order valence-corrected chi connectivity index (χ2v) is 1.65. The van der Waals surface area contributed by atoms with Crippen LogP contribution in [0.3, 0.4) is 0 Å². The maximum absolute atomic E-state index is 4.89. The van der Waals surface area contributed by atoms with Gasteiger partial charge in [-0.3, -0.25) is 0 Å². The van der Waals surface area contributed by atoms with Gasteiger partial charge in [-0.05, 0) is 0 Å². The molecule has 0 radical (unpaired) electrons. The minimum atomic E-state index is 0. The highest BCUT2D eigenvalue weighted by Crippen LogP contribution is 1.71. The molecule has 0 saturated carbocycles. The van der Waals surface area contributed by atoms with Gasteiger partial charge in [-0.25, -0.2) is 9.89 Å². The minimum absolute atomic E-state index is 0. The zero-order valence-corrected chi connectivity index (χ0v) is 8.12. The second kappa shape index (κ2) is 8.85. The van der Waals surface area contributed by atoms with Crippen LogP contribution in [0.2, 0.25) is 0 Å². The lowest BCUT2D eigenvalue weighted by Crippen LogP contribution is -3.00. The van der Waals surface area contributed by atoms with Gasteiger partial charge in [0, 0.05) is 0 Å². The van der Waals surface area contributed by atoms with Crippen molar-refractivity contribution in [1.82, 2.24) is 4.90 Å². The maximum Gasteiger partial charge on any atom is 0.443 e. The Morgan fingerprint density at radius 3 is 1.70 bits per heavy atom. The van der Waals surface area contributed by atoms with E-state index in [1.165, 1.54) is 0 Å². The van der Waals surface area contributed by atoms with Crippen LogP contribution >= 0.6 is 0 Å². The van der Waals surface area contributed by atoms with Crippen molar-refractivity contribution in [3.63, 3.8) is 0 Å². The summed E-state index contributed by atoms with van der Waals surface area (Å²) in [6.45, 7) is 0. The molecule has 0 fully saturated rings. The van der Waals surface area contributed by atoms with E-state index in [0.717, 1.165) is 6.02 Å². The normalized spacial score (nSPS) is 9.00. The first kappa shape index (κ1) is 16.4. The molecule has 1 N–H and O–H groups in total. The van der Waals surface area contributed by atoms with Crippen LogP contribution in [0.15, 0.2) is 0 Å². The van der Waals surface area contributed by atoms with E-state index in [0.29, 0.717) is 0 Å². The van der Waals surface area contributed by atoms with Crippen LogP contribution < -0.4 is 29.8 Å². The van der Waals surface area contributed by atoms with E-state index in [4.69, 9.17) is 4.74 Å². The predicted octanol–water partition coefficient (Wildman–Crippen LogP) is -7.73. The van der Waals surface area contributed by atoms with Gasteiger partial charge in [0.05, 0.1) is 28.3 Å². The van der Waals surface area contributed by atoms with Crippen LogP contribution in [0, 0.1) is 0 Å². The summed E-state index contributed by atoms with van der Waals surface area (Å²) in [5, 5.41) is 0. The fourth-order valence-electron chi connectivity index (χ4n) is 0.508. The van der Waals surface area contributed by atoms with Gasteiger partial charge < -0.3 is 29.6 Å². The Balaban J connectivity index is -0.000000245. The molecule has 10 heavy (non-hydrogen) atoms. The lowest BCUT2D eigenvalue weighted by Gasteiger charge is -2.02. The Labute approximate surface area is 74.3 Å². The van der Waals surface area contributed by atoms with Crippen LogP contribution in [0.1, 0.15) is 0 Å². The molecule has 0 rings (SSSR count). The molecule has 0 spiro atoms. The average Bonchev–Trinajstić information content (AvgIpc) is 1.69. The zero-order chi connectivity index (χ0) is 6.57. The first-order valence-corrected chi connectivity index (χ1v) is 2.48. The molecule has 0 unspecified atom stereocenters. The highest BCUT2D eigenvalue weighted by molar-refractivity contribution is 5.66. The molecule has 0 bridgehead atoms. The van der Waals surface area contributed by atoms with E-state index < -0.39 is 0 Å². The molecule has 0 atom stereocenters. The minimum Gasteiger partial charge on any atom is -1.00 e. The number of hydrogen-bond acceptors (Lipinski definition) is 1. The summed E-state index contributed by atoms with van der Waals surface area (Å²) in [5.74, 6) is 0. The third-order valence-electron chi connectivity index (χ3n) is 0.813. The van der Waals surface area contributed by atoms with Gasteiger partial charge in [-0.15, -0.1) is 0 Å². The van der Waals surface area contributed by atoms with E-state index in [2.05, 4.69) is 4.99 Å². The fourth-order valence-corrected chi connectivity index (χ4v) is 0.508. The quantitative estimate of drug-likeness (QED) is 0.302. The second-order valence-electron chi connectivity index (χ2n) is 1.65. The number of rotatable bonds is 0. The Bertz CT molecular complexity index is 95.6. The van der Waals surface area contributed by atoms with Crippen molar-refractivity contribution in [3.8, 4) is 0 Å². The fraction of sp³-hybridized carbons (Fsp3) is 0.800. The van der Waals surface area contributed by atoms with Gasteiger partial charge in [0.15, 0.2) is 0 Å². The van der Waals surface area contributed by atoms with E-state index >= 15 is 0 Å². The van der Waals surface area contributed by atoms with Crippen molar-refractivity contribution in [2.45, 2.75) is 0 Å². The first-order chi connectivity index (χ1) is 3.72. The van der Waals surface area contributed by atoms with Crippen LogP contribution in [-0.2, 0) is 4.74 Å². The monoisotopic (exact) mass is 187 g/mol. The van der Waals surface area contributed by atoms with E-state index in [-0.39, 0.29) is 24.8 Å². The number of halogens is 2. The lowest BCUT2D eigenvalue weighted by atomic mass is 10.9. The molecule has 0 amide bonds. The highest BCUT2D eigenvalue weighted by Gasteiger charge is 2.04. The standard InChI is InChI=1S/C5H12N2O.2ClH/c1-6-5(8-4)7(2)3;;/h1-4H3;2*1H/p-1. The van der Waals surface area contributed by atoms with Crippen molar-refractivity contribution in [1.29, 1.82) is 0 Å². The molecule has 0 aliphatic carbocycles. The van der Waals surface area contributed by atoms with Crippen molar-refractivity contribution in [3.05, 3.63) is 0 Å². The van der Waals surface area contributed by atoms with Crippen LogP contribution in [0.5, 0.6) is 0 Å². The van der Waals surface area contributed by atoms with Gasteiger partial charge in [-0.1, -0.05) is 0 Å². The Morgan fingerprint density at radius 1 is 1.30 bits per heavy atom. The van der Waals surface area contributed by atoms with Gasteiger partial charge in [0.25, 0.3) is 0 Å². The first-order valence-electron chi connectivity index (χ1n) is 2.48. The maximum atomic E-state index is 4.89. The third kappa shape index (κ3) is 5.98. The Morgan fingerprint density at radius 2 is 1.70 bits per heavy atom. The van der Waals surface area contributed by atoms with Crippen molar-refractivity contribution >= 4 is 6.02 Å². The topological polar surface area (TPSA) is 26.4 Å². The smallest absolute Gasteiger partial charge is 0.443 e. The van der Waals surface area contributed by atoms with Crippen molar-refractivity contribution in [2.24, 2.45) is 0 Å². The number of hydrogen-bond donors (Lipinski definition) is 1. The van der Waals surface area contributed by atoms with Gasteiger partial charge >= 0.3 is 6.02 Å². The predicted molar refractivity (Wildman–Crippen MR) is 32.6 cm³/mol. The molecule has 0 heterocycles. The molecule has 0 aliphatic heterocycles. The molecule has 0 aromatic heterocycles. The van der Waals surface area contributed by atoms with E-state index in [9.17, 15) is 0 Å². The summed E-state index contributed by atoms with van der Waals surface area (Å²) in [7, 11) is 7.27. The number of nitrogens with one attached hydrogen (secondary N) is 1. The zero-order valence-electron chi connectivity index (χ0n) is 6.61. The molecule has 64 valence electrons. The SMILES string of the molecule is C[NH+]=C(OC)N(C)C.[Cl-].[Cl-]. The summed E-state index contributed by atoms with van der Waals surface area (Å²) in [6, 6.07) is 0.769. The summed E-state index contributed by atoms with van der Waals surface area (Å²) < 4.78 is 4.89. The number of methoxy groups -OCH3 is 1. The summed E-state index contributed by atoms with van der Waals surface area (Å²) in [5.41, 5.74) is 0. The van der Waals surface area contributed by atoms with Gasteiger partial charge in [0.1, 0.15) is 0 Å². The molecule has 0 saturated heterocycles. The lowest BCUT2D eigenvalue weighted by molar-refractivity contribution is -0.438. The largest absolute Gasteiger partial charge is 1.00 e. The third-order valence-corrected chi connectivity index (χ3v) is 0.813. The summed E-state index contributed by atoms with van der Waals surface area (Å²) in [4.78, 5) is 4.73. The van der Waals surface area contributed by atoms with Crippen LogP contribution in [-0.4, -0.2) is 39.2 Å². The molecule has 0 aromatic carbocycles. The molecular weight excluding hydrogens is 175 g/mol. The molecule has 0 aromatic rings. The molecule has 0 aliphatic rings. The molecular formula is C5H13Cl2N2O-. The number of amidine groups is 1. The van der Waals surface area contributed by atoms with E-state index in [1.807, 2.05) is 26.0 Å². The highest BCUT2D eigenvalue weighted by atomic mass is 35.5. The molecule has 3 nitrogen and oxygen atoms in total. The Hall–Kier alpha value is -0.150.